The first-order valence-electron chi connectivity index (χ1n) is 9.66. The van der Waals surface area contributed by atoms with Gasteiger partial charge in [0.05, 0.1) is 10.7 Å². The quantitative estimate of drug-likeness (QED) is 0.675. The third-order valence-corrected chi connectivity index (χ3v) is 5.91. The predicted molar refractivity (Wildman–Crippen MR) is 117 cm³/mol. The van der Waals surface area contributed by atoms with Crippen LogP contribution in [0.25, 0.3) is 0 Å². The molecule has 0 amide bonds. The van der Waals surface area contributed by atoms with Crippen LogP contribution >= 0.6 is 11.6 Å². The van der Waals surface area contributed by atoms with Gasteiger partial charge < -0.3 is 15.1 Å². The van der Waals surface area contributed by atoms with Gasteiger partial charge in [0.15, 0.2) is 0 Å². The van der Waals surface area contributed by atoms with Gasteiger partial charge in [-0.25, -0.2) is 0 Å². The summed E-state index contributed by atoms with van der Waals surface area (Å²) in [4.78, 5) is 4.61. The number of nitrogens with one attached hydrogen (secondary N) is 1. The number of fused-ring (bicyclic) bond motifs is 3. The van der Waals surface area contributed by atoms with Crippen LogP contribution in [0.5, 0.6) is 0 Å². The van der Waals surface area contributed by atoms with Crippen molar-refractivity contribution in [1.82, 2.24) is 10.2 Å². The Labute approximate surface area is 168 Å². The van der Waals surface area contributed by atoms with Crippen molar-refractivity contribution in [3.8, 4) is 0 Å². The second-order valence-corrected chi connectivity index (χ2v) is 8.02. The van der Waals surface area contributed by atoms with E-state index in [-0.39, 0.29) is 0 Å². The Morgan fingerprint density at radius 3 is 2.70 bits per heavy atom. The molecule has 4 heteroatoms. The van der Waals surface area contributed by atoms with Gasteiger partial charge in [-0.05, 0) is 56.5 Å². The lowest BCUT2D eigenvalue weighted by atomic mass is 9.84. The smallest absolute Gasteiger partial charge is 0.0643 e. The number of benzene rings is 1. The number of halogens is 1. The molecule has 3 aliphatic rings. The highest BCUT2D eigenvalue weighted by molar-refractivity contribution is 6.33. The zero-order valence-electron chi connectivity index (χ0n) is 16.4. The van der Waals surface area contributed by atoms with Crippen LogP contribution in [-0.4, -0.2) is 37.6 Å². The van der Waals surface area contributed by atoms with Gasteiger partial charge in [0, 0.05) is 37.1 Å². The number of allylic oxidation sites excluding steroid dienone is 3. The zero-order valence-corrected chi connectivity index (χ0v) is 17.2. The molecule has 0 radical (unpaired) electrons. The van der Waals surface area contributed by atoms with Gasteiger partial charge in [-0.15, -0.1) is 0 Å². The molecule has 3 nitrogen and oxygen atoms in total. The van der Waals surface area contributed by atoms with Crippen molar-refractivity contribution in [2.45, 2.75) is 25.8 Å². The molecule has 3 aliphatic heterocycles. The molecule has 27 heavy (non-hydrogen) atoms. The van der Waals surface area contributed by atoms with Crippen LogP contribution in [0, 0.1) is 12.8 Å². The van der Waals surface area contributed by atoms with E-state index in [2.05, 4.69) is 47.5 Å². The van der Waals surface area contributed by atoms with Crippen LogP contribution < -0.4 is 10.2 Å². The SMILES string of the molecule is C=C/C=C\C(=C/N(C)c1cc(C)ccc1Cl)C(=C)NC1CN2CCC1CC2. The van der Waals surface area contributed by atoms with Gasteiger partial charge in [0.1, 0.15) is 0 Å². The van der Waals surface area contributed by atoms with Crippen molar-refractivity contribution < 1.29 is 0 Å². The molecule has 4 rings (SSSR count). The maximum Gasteiger partial charge on any atom is 0.0643 e. The van der Waals surface area contributed by atoms with E-state index < -0.39 is 0 Å². The van der Waals surface area contributed by atoms with Gasteiger partial charge in [0.2, 0.25) is 0 Å². The van der Waals surface area contributed by atoms with E-state index in [1.165, 1.54) is 31.5 Å². The molecule has 0 aliphatic carbocycles. The fourth-order valence-corrected chi connectivity index (χ4v) is 4.25. The van der Waals surface area contributed by atoms with Gasteiger partial charge >= 0.3 is 0 Å². The molecule has 3 fully saturated rings. The molecule has 3 saturated heterocycles. The van der Waals surface area contributed by atoms with E-state index in [0.717, 1.165) is 34.4 Å². The third kappa shape index (κ3) is 4.85. The summed E-state index contributed by atoms with van der Waals surface area (Å²) in [6.07, 6.45) is 10.4. The lowest BCUT2D eigenvalue weighted by molar-refractivity contribution is 0.0777. The van der Waals surface area contributed by atoms with E-state index in [0.29, 0.717) is 6.04 Å². The third-order valence-electron chi connectivity index (χ3n) is 5.59. The highest BCUT2D eigenvalue weighted by atomic mass is 35.5. The number of aryl methyl sites for hydroxylation is 1. The summed E-state index contributed by atoms with van der Waals surface area (Å²) in [7, 11) is 2.02. The second-order valence-electron chi connectivity index (χ2n) is 7.61. The summed E-state index contributed by atoms with van der Waals surface area (Å²) in [6.45, 7) is 13.8. The van der Waals surface area contributed by atoms with E-state index >= 15 is 0 Å². The number of nitrogens with zero attached hydrogens (tertiary/aromatic N) is 2. The Morgan fingerprint density at radius 1 is 1.33 bits per heavy atom. The van der Waals surface area contributed by atoms with Crippen molar-refractivity contribution >= 4 is 17.3 Å². The van der Waals surface area contributed by atoms with Crippen LogP contribution in [0.15, 0.2) is 67.1 Å². The lowest BCUT2D eigenvalue weighted by Gasteiger charge is -2.45. The minimum atomic E-state index is 0.480. The number of hydrogen-bond acceptors (Lipinski definition) is 3. The Kier molecular flexibility index (Phi) is 6.46. The predicted octanol–water partition coefficient (Wildman–Crippen LogP) is 4.91. The molecular weight excluding hydrogens is 354 g/mol. The maximum atomic E-state index is 6.41. The first-order valence-corrected chi connectivity index (χ1v) is 10.0. The van der Waals surface area contributed by atoms with Gasteiger partial charge in [0.25, 0.3) is 0 Å². The average Bonchev–Trinajstić information content (AvgIpc) is 2.67. The zero-order chi connectivity index (χ0) is 19.4. The first kappa shape index (κ1) is 19.8. The van der Waals surface area contributed by atoms with Crippen molar-refractivity contribution in [1.29, 1.82) is 0 Å². The fraction of sp³-hybridized carbons (Fsp3) is 0.391. The highest BCUT2D eigenvalue weighted by Crippen LogP contribution is 2.30. The first-order chi connectivity index (χ1) is 13.0. The maximum absolute atomic E-state index is 6.41. The Balaban J connectivity index is 1.79. The minimum Gasteiger partial charge on any atom is -0.381 e. The summed E-state index contributed by atoms with van der Waals surface area (Å²) < 4.78 is 0. The Morgan fingerprint density at radius 2 is 2.07 bits per heavy atom. The van der Waals surface area contributed by atoms with Gasteiger partial charge in [-0.1, -0.05) is 49.1 Å². The van der Waals surface area contributed by atoms with E-state index in [1.54, 1.807) is 6.08 Å². The van der Waals surface area contributed by atoms with Gasteiger partial charge in [-0.3, -0.25) is 0 Å². The summed E-state index contributed by atoms with van der Waals surface area (Å²) in [5.74, 6) is 0.750. The summed E-state index contributed by atoms with van der Waals surface area (Å²) in [5, 5.41) is 4.43. The molecule has 1 unspecified atom stereocenters. The average molecular weight is 384 g/mol. The molecule has 1 aromatic carbocycles. The van der Waals surface area contributed by atoms with Crippen LogP contribution in [0.3, 0.4) is 0 Å². The summed E-state index contributed by atoms with van der Waals surface area (Å²) in [5.41, 5.74) is 4.15. The number of rotatable bonds is 7. The lowest BCUT2D eigenvalue weighted by Crippen LogP contribution is -2.55. The fourth-order valence-electron chi connectivity index (χ4n) is 4.00. The van der Waals surface area contributed by atoms with Gasteiger partial charge in [-0.2, -0.15) is 0 Å². The van der Waals surface area contributed by atoms with E-state index in [4.69, 9.17) is 11.6 Å². The number of hydrogen-bond donors (Lipinski definition) is 1. The summed E-state index contributed by atoms with van der Waals surface area (Å²) in [6, 6.07) is 6.54. The molecule has 1 N–H and O–H groups in total. The molecule has 0 saturated carbocycles. The largest absolute Gasteiger partial charge is 0.381 e. The normalized spacial score (nSPS) is 24.9. The van der Waals surface area contributed by atoms with E-state index in [9.17, 15) is 0 Å². The molecule has 3 heterocycles. The number of anilines is 1. The van der Waals surface area contributed by atoms with Crippen molar-refractivity contribution in [3.63, 3.8) is 0 Å². The summed E-state index contributed by atoms with van der Waals surface area (Å²) >= 11 is 6.41. The monoisotopic (exact) mass is 383 g/mol. The Bertz CT molecular complexity index is 757. The molecular formula is C23H30ClN3. The minimum absolute atomic E-state index is 0.480. The molecule has 0 spiro atoms. The molecule has 1 aromatic rings. The van der Waals surface area contributed by atoms with Crippen LogP contribution in [-0.2, 0) is 0 Å². The van der Waals surface area contributed by atoms with Crippen LogP contribution in [0.4, 0.5) is 5.69 Å². The molecule has 1 atom stereocenters. The van der Waals surface area contributed by atoms with E-state index in [1.807, 2.05) is 31.3 Å². The highest BCUT2D eigenvalue weighted by Gasteiger charge is 2.34. The standard InChI is InChI=1S/C23H30ClN3/c1-5-6-7-20(15-26(4)23-14-17(2)8-9-21(23)24)18(3)25-22-16-27-12-10-19(22)11-13-27/h5-9,14-15,19,22,25H,1,3,10-13,16H2,2,4H3/b7-6-,20-15+. The topological polar surface area (TPSA) is 18.5 Å². The molecule has 144 valence electrons. The second kappa shape index (κ2) is 8.81. The number of piperidine rings is 3. The van der Waals surface area contributed by atoms with Crippen LogP contribution in [0.1, 0.15) is 18.4 Å². The van der Waals surface area contributed by atoms with Crippen molar-refractivity contribution in [2.75, 3.05) is 31.6 Å². The molecule has 0 aromatic heterocycles. The van der Waals surface area contributed by atoms with Crippen molar-refractivity contribution in [3.05, 3.63) is 77.6 Å². The Hall–Kier alpha value is -1.97. The van der Waals surface area contributed by atoms with Crippen LogP contribution in [0.2, 0.25) is 5.02 Å². The molecule has 2 bridgehead atoms. The van der Waals surface area contributed by atoms with Crippen molar-refractivity contribution in [2.24, 2.45) is 5.92 Å².